The third kappa shape index (κ3) is 2.98. The maximum atomic E-state index is 6.57. The van der Waals surface area contributed by atoms with Crippen LogP contribution in [0.5, 0.6) is 0 Å². The molecule has 0 radical (unpaired) electrons. The number of nitrogens with zero attached hydrogens (tertiary/aromatic N) is 1. The van der Waals surface area contributed by atoms with E-state index >= 15 is 0 Å². The van der Waals surface area contributed by atoms with Gasteiger partial charge in [-0.05, 0) is 51.5 Å². The first-order valence-electron chi connectivity index (χ1n) is 6.99. The highest BCUT2D eigenvalue weighted by atomic mass is 15.2. The third-order valence-corrected chi connectivity index (χ3v) is 4.69. The molecule has 16 heavy (non-hydrogen) atoms. The Morgan fingerprint density at radius 3 is 2.62 bits per heavy atom. The third-order valence-electron chi connectivity index (χ3n) is 4.69. The molecule has 0 bridgehead atoms. The quantitative estimate of drug-likeness (QED) is 0.795. The zero-order valence-corrected chi connectivity index (χ0v) is 11.2. The fourth-order valence-corrected chi connectivity index (χ4v) is 3.42. The van der Waals surface area contributed by atoms with E-state index in [4.69, 9.17) is 5.73 Å². The monoisotopic (exact) mass is 224 g/mol. The Bertz CT molecular complexity index is 237. The van der Waals surface area contributed by atoms with Crippen molar-refractivity contribution in [3.8, 4) is 0 Å². The highest BCUT2D eigenvalue weighted by molar-refractivity contribution is 4.94. The van der Waals surface area contributed by atoms with Gasteiger partial charge in [-0.2, -0.15) is 0 Å². The van der Waals surface area contributed by atoms with Crippen molar-refractivity contribution in [3.05, 3.63) is 0 Å². The topological polar surface area (TPSA) is 29.3 Å². The molecule has 2 nitrogen and oxygen atoms in total. The molecule has 0 aromatic rings. The largest absolute Gasteiger partial charge is 0.324 e. The molecule has 3 atom stereocenters. The van der Waals surface area contributed by atoms with Gasteiger partial charge in [0.2, 0.25) is 0 Å². The normalized spacial score (nSPS) is 37.7. The zero-order chi connectivity index (χ0) is 11.8. The van der Waals surface area contributed by atoms with E-state index in [1.165, 1.54) is 38.5 Å². The van der Waals surface area contributed by atoms with Crippen LogP contribution in [0.3, 0.4) is 0 Å². The molecule has 94 valence electrons. The van der Waals surface area contributed by atoms with Gasteiger partial charge in [0.05, 0.1) is 0 Å². The van der Waals surface area contributed by atoms with Crippen molar-refractivity contribution in [1.82, 2.24) is 4.90 Å². The van der Waals surface area contributed by atoms with E-state index in [1.54, 1.807) is 0 Å². The Kier molecular flexibility index (Phi) is 3.60. The number of nitrogens with two attached hydrogens (primary N) is 1. The lowest BCUT2D eigenvalue weighted by atomic mass is 9.76. The predicted octanol–water partition coefficient (Wildman–Crippen LogP) is 2.62. The van der Waals surface area contributed by atoms with Gasteiger partial charge >= 0.3 is 0 Å². The summed E-state index contributed by atoms with van der Waals surface area (Å²) in [4.78, 5) is 2.51. The summed E-state index contributed by atoms with van der Waals surface area (Å²) in [6.45, 7) is 5.81. The fourth-order valence-electron chi connectivity index (χ4n) is 3.42. The predicted molar refractivity (Wildman–Crippen MR) is 69.4 cm³/mol. The standard InChI is InChI=1S/C14H28N2/c1-11-5-4-8-14(15,9-11)10-16(3)12(2)13-6-7-13/h11-13H,4-10,15H2,1-3H3. The minimum Gasteiger partial charge on any atom is -0.324 e. The molecule has 0 saturated heterocycles. The zero-order valence-electron chi connectivity index (χ0n) is 11.2. The van der Waals surface area contributed by atoms with Crippen LogP contribution in [-0.2, 0) is 0 Å². The van der Waals surface area contributed by atoms with Gasteiger partial charge in [0, 0.05) is 18.1 Å². The molecule has 0 spiro atoms. The first-order chi connectivity index (χ1) is 7.50. The highest BCUT2D eigenvalue weighted by Gasteiger charge is 2.36. The second-order valence-corrected chi connectivity index (χ2v) is 6.56. The van der Waals surface area contributed by atoms with Crippen molar-refractivity contribution < 1.29 is 0 Å². The lowest BCUT2D eigenvalue weighted by Crippen LogP contribution is -2.53. The maximum absolute atomic E-state index is 6.57. The molecule has 3 unspecified atom stereocenters. The Morgan fingerprint density at radius 1 is 1.38 bits per heavy atom. The van der Waals surface area contributed by atoms with E-state index in [1.807, 2.05) is 0 Å². The number of hydrogen-bond donors (Lipinski definition) is 1. The summed E-state index contributed by atoms with van der Waals surface area (Å²) in [5.41, 5.74) is 6.66. The summed E-state index contributed by atoms with van der Waals surface area (Å²) >= 11 is 0. The van der Waals surface area contributed by atoms with Gasteiger partial charge in [-0.25, -0.2) is 0 Å². The number of likely N-dealkylation sites (N-methyl/N-ethyl adjacent to an activating group) is 1. The molecular weight excluding hydrogens is 196 g/mol. The van der Waals surface area contributed by atoms with Crippen LogP contribution in [0.2, 0.25) is 0 Å². The summed E-state index contributed by atoms with van der Waals surface area (Å²) in [5.74, 6) is 1.78. The summed E-state index contributed by atoms with van der Waals surface area (Å²) in [6.07, 6.45) is 8.00. The molecule has 2 rings (SSSR count). The van der Waals surface area contributed by atoms with E-state index in [-0.39, 0.29) is 5.54 Å². The summed E-state index contributed by atoms with van der Waals surface area (Å²) in [5, 5.41) is 0. The Balaban J connectivity index is 1.86. The molecule has 2 fully saturated rings. The molecule has 2 saturated carbocycles. The Hall–Kier alpha value is -0.0800. The van der Waals surface area contributed by atoms with E-state index in [9.17, 15) is 0 Å². The average Bonchev–Trinajstić information content (AvgIpc) is 2.98. The first-order valence-corrected chi connectivity index (χ1v) is 6.99. The molecule has 2 heteroatoms. The van der Waals surface area contributed by atoms with Crippen molar-refractivity contribution in [1.29, 1.82) is 0 Å². The molecule has 2 N–H and O–H groups in total. The lowest BCUT2D eigenvalue weighted by Gasteiger charge is -2.41. The molecule has 2 aliphatic carbocycles. The van der Waals surface area contributed by atoms with Crippen molar-refractivity contribution >= 4 is 0 Å². The summed E-state index contributed by atoms with van der Waals surface area (Å²) < 4.78 is 0. The van der Waals surface area contributed by atoms with Crippen LogP contribution in [0.1, 0.15) is 52.4 Å². The van der Waals surface area contributed by atoms with Crippen LogP contribution >= 0.6 is 0 Å². The lowest BCUT2D eigenvalue weighted by molar-refractivity contribution is 0.135. The van der Waals surface area contributed by atoms with Gasteiger partial charge in [-0.3, -0.25) is 0 Å². The molecule has 0 aliphatic heterocycles. The second-order valence-electron chi connectivity index (χ2n) is 6.56. The SMILES string of the molecule is CC1CCCC(N)(CN(C)C(C)C2CC2)C1. The second kappa shape index (κ2) is 4.66. The van der Waals surface area contributed by atoms with Crippen molar-refractivity contribution in [3.63, 3.8) is 0 Å². The smallest absolute Gasteiger partial charge is 0.0285 e. The van der Waals surface area contributed by atoms with E-state index < -0.39 is 0 Å². The van der Waals surface area contributed by atoms with Gasteiger partial charge in [0.15, 0.2) is 0 Å². The van der Waals surface area contributed by atoms with Gasteiger partial charge in [0.1, 0.15) is 0 Å². The van der Waals surface area contributed by atoms with Gasteiger partial charge in [-0.15, -0.1) is 0 Å². The first kappa shape index (κ1) is 12.4. The van der Waals surface area contributed by atoms with Crippen LogP contribution in [0.4, 0.5) is 0 Å². The van der Waals surface area contributed by atoms with Crippen LogP contribution < -0.4 is 5.73 Å². The molecule has 0 aromatic carbocycles. The number of hydrogen-bond acceptors (Lipinski definition) is 2. The van der Waals surface area contributed by atoms with E-state index in [0.717, 1.165) is 24.4 Å². The van der Waals surface area contributed by atoms with Crippen molar-refractivity contribution in [2.75, 3.05) is 13.6 Å². The van der Waals surface area contributed by atoms with Crippen LogP contribution in [0.25, 0.3) is 0 Å². The van der Waals surface area contributed by atoms with Crippen LogP contribution in [0.15, 0.2) is 0 Å². The molecule has 2 aliphatic rings. The van der Waals surface area contributed by atoms with Gasteiger partial charge < -0.3 is 10.6 Å². The van der Waals surface area contributed by atoms with Gasteiger partial charge in [-0.1, -0.05) is 19.8 Å². The van der Waals surface area contributed by atoms with Crippen molar-refractivity contribution in [2.24, 2.45) is 17.6 Å². The average molecular weight is 224 g/mol. The van der Waals surface area contributed by atoms with Crippen molar-refractivity contribution in [2.45, 2.75) is 64.0 Å². The molecule has 0 amide bonds. The summed E-state index contributed by atoms with van der Waals surface area (Å²) in [6, 6.07) is 0.734. The van der Waals surface area contributed by atoms with Crippen LogP contribution in [0, 0.1) is 11.8 Å². The van der Waals surface area contributed by atoms with E-state index in [0.29, 0.717) is 0 Å². The maximum Gasteiger partial charge on any atom is 0.0285 e. The minimum absolute atomic E-state index is 0.0928. The highest BCUT2D eigenvalue weighted by Crippen LogP contribution is 2.36. The molecule has 0 aromatic heterocycles. The molecule has 0 heterocycles. The van der Waals surface area contributed by atoms with Crippen LogP contribution in [-0.4, -0.2) is 30.1 Å². The minimum atomic E-state index is 0.0928. The van der Waals surface area contributed by atoms with Gasteiger partial charge in [0.25, 0.3) is 0 Å². The molecular formula is C14H28N2. The summed E-state index contributed by atoms with van der Waals surface area (Å²) in [7, 11) is 2.26. The Labute approximate surface area is 101 Å². The number of rotatable bonds is 4. The fraction of sp³-hybridized carbons (Fsp3) is 1.00. The van der Waals surface area contributed by atoms with E-state index in [2.05, 4.69) is 25.8 Å². The Morgan fingerprint density at radius 2 is 2.06 bits per heavy atom.